The Kier molecular flexibility index (Phi) is 4.65. The van der Waals surface area contributed by atoms with Gasteiger partial charge in [-0.2, -0.15) is 0 Å². The van der Waals surface area contributed by atoms with Crippen molar-refractivity contribution in [3.05, 3.63) is 59.1 Å². The molecule has 25 heavy (non-hydrogen) atoms. The third-order valence-corrected chi connectivity index (χ3v) is 3.45. The van der Waals surface area contributed by atoms with Crippen LogP contribution in [-0.2, 0) is 4.79 Å². The van der Waals surface area contributed by atoms with E-state index in [4.69, 9.17) is 9.15 Å². The lowest BCUT2D eigenvalue weighted by molar-refractivity contribution is -0.118. The van der Waals surface area contributed by atoms with Crippen molar-refractivity contribution in [1.82, 2.24) is 4.98 Å². The minimum absolute atomic E-state index is 0.169. The van der Waals surface area contributed by atoms with Crippen molar-refractivity contribution in [2.75, 3.05) is 30.9 Å². The van der Waals surface area contributed by atoms with Crippen molar-refractivity contribution < 1.29 is 13.9 Å². The van der Waals surface area contributed by atoms with Crippen molar-refractivity contribution in [1.29, 1.82) is 0 Å². The maximum atomic E-state index is 12.0. The van der Waals surface area contributed by atoms with Gasteiger partial charge in [-0.25, -0.2) is 9.78 Å². The predicted molar refractivity (Wildman–Crippen MR) is 95.2 cm³/mol. The molecule has 1 N–H and O–H groups in total. The van der Waals surface area contributed by atoms with E-state index in [1.165, 1.54) is 6.07 Å². The van der Waals surface area contributed by atoms with Gasteiger partial charge in [-0.15, -0.1) is 0 Å². The number of anilines is 2. The van der Waals surface area contributed by atoms with Gasteiger partial charge in [-0.3, -0.25) is 4.79 Å². The molecule has 7 heteroatoms. The van der Waals surface area contributed by atoms with Crippen LogP contribution < -0.4 is 20.6 Å². The van der Waals surface area contributed by atoms with Crippen molar-refractivity contribution in [2.24, 2.45) is 0 Å². The van der Waals surface area contributed by atoms with E-state index in [9.17, 15) is 9.59 Å². The first kappa shape index (κ1) is 16.5. The van der Waals surface area contributed by atoms with Crippen molar-refractivity contribution in [3.63, 3.8) is 0 Å². The molecule has 1 aromatic carbocycles. The second-order valence-corrected chi connectivity index (χ2v) is 5.59. The number of nitrogens with one attached hydrogen (secondary N) is 1. The molecule has 0 radical (unpaired) electrons. The number of carbonyl (C=O) groups excluding carboxylic acids is 1. The minimum atomic E-state index is -0.434. The minimum Gasteiger partial charge on any atom is -0.484 e. The van der Waals surface area contributed by atoms with E-state index in [0.717, 1.165) is 11.2 Å². The summed E-state index contributed by atoms with van der Waals surface area (Å²) in [4.78, 5) is 29.3. The summed E-state index contributed by atoms with van der Waals surface area (Å²) in [5, 5.41) is 3.49. The summed E-state index contributed by atoms with van der Waals surface area (Å²) in [5.41, 5.74) is 0.564. The van der Waals surface area contributed by atoms with Gasteiger partial charge in [0.15, 0.2) is 6.61 Å². The van der Waals surface area contributed by atoms with Crippen LogP contribution in [0.2, 0.25) is 0 Å². The second kappa shape index (κ2) is 7.04. The molecule has 2 aromatic heterocycles. The van der Waals surface area contributed by atoms with Gasteiger partial charge in [0.05, 0.1) is 11.9 Å². The highest BCUT2D eigenvalue weighted by Crippen LogP contribution is 2.19. The zero-order valence-corrected chi connectivity index (χ0v) is 13.9. The van der Waals surface area contributed by atoms with Crippen LogP contribution in [-0.4, -0.2) is 31.6 Å². The number of hydrogen-bond donors (Lipinski definition) is 1. The maximum Gasteiger partial charge on any atom is 0.336 e. The molecule has 0 unspecified atom stereocenters. The summed E-state index contributed by atoms with van der Waals surface area (Å²) in [5.74, 6) is 0.930. The number of aromatic nitrogens is 1. The molecule has 3 rings (SSSR count). The second-order valence-electron chi connectivity index (χ2n) is 5.59. The molecule has 2 heterocycles. The molecule has 0 aliphatic carbocycles. The zero-order valence-electron chi connectivity index (χ0n) is 13.9. The van der Waals surface area contributed by atoms with Gasteiger partial charge in [0.25, 0.3) is 5.91 Å². The normalized spacial score (nSPS) is 10.5. The molecule has 0 fully saturated rings. The van der Waals surface area contributed by atoms with E-state index in [0.29, 0.717) is 17.0 Å². The quantitative estimate of drug-likeness (QED) is 0.718. The number of nitrogens with zero attached hydrogens (tertiary/aromatic N) is 2. The highest BCUT2D eigenvalue weighted by Gasteiger charge is 2.06. The molecule has 7 nitrogen and oxygen atoms in total. The van der Waals surface area contributed by atoms with Gasteiger partial charge in [0.1, 0.15) is 17.2 Å². The number of ether oxygens (including phenoxy) is 1. The zero-order chi connectivity index (χ0) is 17.8. The fraction of sp³-hybridized carbons (Fsp3) is 0.167. The van der Waals surface area contributed by atoms with E-state index in [-0.39, 0.29) is 12.5 Å². The molecule has 0 spiro atoms. The van der Waals surface area contributed by atoms with E-state index in [1.54, 1.807) is 36.5 Å². The van der Waals surface area contributed by atoms with Gasteiger partial charge in [0.2, 0.25) is 0 Å². The number of rotatable bonds is 5. The Labute approximate surface area is 143 Å². The van der Waals surface area contributed by atoms with Crippen LogP contribution in [0.25, 0.3) is 11.0 Å². The summed E-state index contributed by atoms with van der Waals surface area (Å²) in [6, 6.07) is 11.6. The highest BCUT2D eigenvalue weighted by molar-refractivity contribution is 5.91. The lowest BCUT2D eigenvalue weighted by Crippen LogP contribution is -2.20. The first-order chi connectivity index (χ1) is 12.0. The van der Waals surface area contributed by atoms with E-state index in [2.05, 4.69) is 10.3 Å². The van der Waals surface area contributed by atoms with Crippen molar-refractivity contribution in [2.45, 2.75) is 0 Å². The Morgan fingerprint density at radius 3 is 2.72 bits per heavy atom. The average molecular weight is 339 g/mol. The number of fused-ring (bicyclic) bond motifs is 1. The lowest BCUT2D eigenvalue weighted by atomic mass is 10.2. The fourth-order valence-electron chi connectivity index (χ4n) is 2.20. The Hall–Kier alpha value is -3.35. The van der Waals surface area contributed by atoms with E-state index >= 15 is 0 Å². The van der Waals surface area contributed by atoms with E-state index in [1.807, 2.05) is 25.1 Å². The first-order valence-electron chi connectivity index (χ1n) is 7.61. The smallest absolute Gasteiger partial charge is 0.336 e. The molecule has 3 aromatic rings. The van der Waals surface area contributed by atoms with E-state index < -0.39 is 5.63 Å². The molecular formula is C18H17N3O4. The first-order valence-corrected chi connectivity index (χ1v) is 7.61. The third-order valence-electron chi connectivity index (χ3n) is 3.45. The van der Waals surface area contributed by atoms with Gasteiger partial charge in [-0.05, 0) is 30.3 Å². The van der Waals surface area contributed by atoms with Crippen LogP contribution in [0.5, 0.6) is 5.75 Å². The molecule has 1 amide bonds. The monoisotopic (exact) mass is 339 g/mol. The summed E-state index contributed by atoms with van der Waals surface area (Å²) in [6.07, 6.45) is 1.58. The van der Waals surface area contributed by atoms with Crippen LogP contribution in [0.15, 0.2) is 57.9 Å². The average Bonchev–Trinajstić information content (AvgIpc) is 2.60. The highest BCUT2D eigenvalue weighted by atomic mass is 16.5. The van der Waals surface area contributed by atoms with Crippen LogP contribution in [0.3, 0.4) is 0 Å². The number of amides is 1. The molecule has 128 valence electrons. The Balaban J connectivity index is 1.61. The number of pyridine rings is 1. The third kappa shape index (κ3) is 4.14. The molecule has 0 saturated carbocycles. The van der Waals surface area contributed by atoms with Gasteiger partial charge >= 0.3 is 5.63 Å². The summed E-state index contributed by atoms with van der Waals surface area (Å²) >= 11 is 0. The molecule has 0 atom stereocenters. The number of benzene rings is 1. The molecular weight excluding hydrogens is 322 g/mol. The number of hydrogen-bond acceptors (Lipinski definition) is 6. The van der Waals surface area contributed by atoms with Crippen LogP contribution in [0.4, 0.5) is 11.5 Å². The standard InChI is InChI=1S/C18H17N3O4/c1-21(2)16-7-5-13(10-19-16)20-17(22)11-24-14-6-3-12-4-8-18(23)25-15(12)9-14/h3-10H,11H2,1-2H3,(H,20,22). The Bertz CT molecular complexity index is 948. The Morgan fingerprint density at radius 2 is 2.00 bits per heavy atom. The summed E-state index contributed by atoms with van der Waals surface area (Å²) in [7, 11) is 3.78. The van der Waals surface area contributed by atoms with Crippen molar-refractivity contribution in [3.8, 4) is 5.75 Å². The molecule has 0 saturated heterocycles. The van der Waals surface area contributed by atoms with Crippen LogP contribution in [0.1, 0.15) is 0 Å². The van der Waals surface area contributed by atoms with Crippen molar-refractivity contribution >= 4 is 28.4 Å². The maximum absolute atomic E-state index is 12.0. The summed E-state index contributed by atoms with van der Waals surface area (Å²) < 4.78 is 10.5. The SMILES string of the molecule is CN(C)c1ccc(NC(=O)COc2ccc3ccc(=O)oc3c2)cn1. The number of carbonyl (C=O) groups is 1. The molecule has 0 aliphatic heterocycles. The summed E-state index contributed by atoms with van der Waals surface area (Å²) in [6.45, 7) is -0.169. The molecule has 0 bridgehead atoms. The van der Waals surface area contributed by atoms with Crippen LogP contribution >= 0.6 is 0 Å². The topological polar surface area (TPSA) is 84.7 Å². The van der Waals surface area contributed by atoms with Gasteiger partial charge in [0, 0.05) is 31.6 Å². The van der Waals surface area contributed by atoms with Gasteiger partial charge in [-0.1, -0.05) is 0 Å². The largest absolute Gasteiger partial charge is 0.484 e. The Morgan fingerprint density at radius 1 is 1.20 bits per heavy atom. The molecule has 0 aliphatic rings. The van der Waals surface area contributed by atoms with Crippen LogP contribution in [0, 0.1) is 0 Å². The fourth-order valence-corrected chi connectivity index (χ4v) is 2.20. The lowest BCUT2D eigenvalue weighted by Gasteiger charge is -2.12. The predicted octanol–water partition coefficient (Wildman–Crippen LogP) is 2.27. The van der Waals surface area contributed by atoms with Gasteiger partial charge < -0.3 is 19.4 Å².